The van der Waals surface area contributed by atoms with E-state index in [-0.39, 0.29) is 18.3 Å². The highest BCUT2D eigenvalue weighted by molar-refractivity contribution is 5.94. The molecule has 0 atom stereocenters. The van der Waals surface area contributed by atoms with Crippen molar-refractivity contribution in [2.24, 2.45) is 0 Å². The average Bonchev–Trinajstić information content (AvgIpc) is 3.36. The number of hydrogen-bond acceptors (Lipinski definition) is 6. The van der Waals surface area contributed by atoms with Crippen molar-refractivity contribution in [2.75, 3.05) is 19.7 Å². The van der Waals surface area contributed by atoms with E-state index in [9.17, 15) is 9.59 Å². The van der Waals surface area contributed by atoms with E-state index < -0.39 is 5.91 Å². The molecule has 1 aliphatic rings. The molecule has 8 heteroatoms. The number of rotatable bonds is 8. The normalized spacial score (nSPS) is 13.3. The first kappa shape index (κ1) is 16.9. The predicted octanol–water partition coefficient (Wildman–Crippen LogP) is 1.51. The molecule has 0 radical (unpaired) electrons. The minimum atomic E-state index is -0.435. The number of nitrogens with zero attached hydrogens (tertiary/aromatic N) is 2. The molecule has 0 aliphatic heterocycles. The molecule has 1 fully saturated rings. The fourth-order valence-corrected chi connectivity index (χ4v) is 2.23. The summed E-state index contributed by atoms with van der Waals surface area (Å²) in [4.78, 5) is 28.0. The molecule has 1 aliphatic carbocycles. The number of aromatic nitrogens is 2. The van der Waals surface area contributed by atoms with Crippen LogP contribution in [0.4, 0.5) is 0 Å². The molecule has 1 heterocycles. The lowest BCUT2D eigenvalue weighted by molar-refractivity contribution is 0.0898. The molecule has 0 spiro atoms. The number of hydrogen-bond donors (Lipinski definition) is 2. The zero-order chi connectivity index (χ0) is 17.6. The molecule has 2 amide bonds. The van der Waals surface area contributed by atoms with Gasteiger partial charge in [-0.3, -0.25) is 9.59 Å². The van der Waals surface area contributed by atoms with Gasteiger partial charge < -0.3 is 19.9 Å². The summed E-state index contributed by atoms with van der Waals surface area (Å²) in [5, 5.41) is 9.15. The second kappa shape index (κ2) is 7.78. The Labute approximate surface area is 144 Å². The molecule has 1 aromatic carbocycles. The smallest absolute Gasteiger partial charge is 0.315 e. The van der Waals surface area contributed by atoms with Gasteiger partial charge in [0.15, 0.2) is 5.82 Å². The van der Waals surface area contributed by atoms with Gasteiger partial charge in [-0.1, -0.05) is 5.16 Å². The highest BCUT2D eigenvalue weighted by Crippen LogP contribution is 2.37. The van der Waals surface area contributed by atoms with Gasteiger partial charge in [0.2, 0.25) is 0 Å². The molecule has 3 rings (SSSR count). The van der Waals surface area contributed by atoms with Gasteiger partial charge in [0, 0.05) is 24.6 Å². The summed E-state index contributed by atoms with van der Waals surface area (Å²) in [6.45, 7) is 3.04. The van der Waals surface area contributed by atoms with E-state index in [0.717, 1.165) is 18.6 Å². The van der Waals surface area contributed by atoms with E-state index >= 15 is 0 Å². The summed E-state index contributed by atoms with van der Waals surface area (Å²) in [5.41, 5.74) is 0.528. The van der Waals surface area contributed by atoms with Crippen LogP contribution in [0.2, 0.25) is 0 Å². The predicted molar refractivity (Wildman–Crippen MR) is 88.6 cm³/mol. The Morgan fingerprint density at radius 2 is 1.84 bits per heavy atom. The summed E-state index contributed by atoms with van der Waals surface area (Å²) in [6.07, 6.45) is 2.08. The Hall–Kier alpha value is -2.90. The Morgan fingerprint density at radius 3 is 2.48 bits per heavy atom. The molecule has 0 unspecified atom stereocenters. The average molecular weight is 344 g/mol. The van der Waals surface area contributed by atoms with E-state index in [1.807, 2.05) is 6.92 Å². The zero-order valence-electron chi connectivity index (χ0n) is 13.9. The minimum Gasteiger partial charge on any atom is -0.494 e. The zero-order valence-corrected chi connectivity index (χ0v) is 13.9. The van der Waals surface area contributed by atoms with Crippen molar-refractivity contribution in [1.82, 2.24) is 20.8 Å². The molecule has 2 aromatic rings. The largest absolute Gasteiger partial charge is 0.494 e. The van der Waals surface area contributed by atoms with E-state index in [2.05, 4.69) is 20.8 Å². The minimum absolute atomic E-state index is 0.0419. The van der Waals surface area contributed by atoms with E-state index in [1.54, 1.807) is 24.3 Å². The van der Waals surface area contributed by atoms with Crippen molar-refractivity contribution in [2.45, 2.75) is 25.7 Å². The molecule has 0 saturated heterocycles. The standard InChI is InChI=1S/C17H20N4O4/c1-2-24-13-7-5-12(6-8-13)15(22)18-9-10-19-16(23)17-20-14(21-25-17)11-3-4-11/h5-8,11H,2-4,9-10H2,1H3,(H,18,22)(H,19,23). The molecular weight excluding hydrogens is 324 g/mol. The van der Waals surface area contributed by atoms with Crippen molar-refractivity contribution >= 4 is 11.8 Å². The Morgan fingerprint density at radius 1 is 1.16 bits per heavy atom. The summed E-state index contributed by atoms with van der Waals surface area (Å²) in [5.74, 6) is 0.949. The van der Waals surface area contributed by atoms with Crippen LogP contribution in [-0.2, 0) is 0 Å². The molecule has 1 aromatic heterocycles. The lowest BCUT2D eigenvalue weighted by Gasteiger charge is -2.07. The van der Waals surface area contributed by atoms with Gasteiger partial charge >= 0.3 is 11.8 Å². The van der Waals surface area contributed by atoms with Gasteiger partial charge in [0.05, 0.1) is 6.61 Å². The highest BCUT2D eigenvalue weighted by atomic mass is 16.5. The van der Waals surface area contributed by atoms with Crippen LogP contribution >= 0.6 is 0 Å². The summed E-state index contributed by atoms with van der Waals surface area (Å²) in [6, 6.07) is 6.87. The number of carbonyl (C=O) groups is 2. The third-order valence-corrected chi connectivity index (χ3v) is 3.70. The van der Waals surface area contributed by atoms with Gasteiger partial charge in [0.25, 0.3) is 5.91 Å². The lowest BCUT2D eigenvalue weighted by atomic mass is 10.2. The second-order valence-corrected chi connectivity index (χ2v) is 5.70. The van der Waals surface area contributed by atoms with Gasteiger partial charge in [-0.15, -0.1) is 0 Å². The molecule has 25 heavy (non-hydrogen) atoms. The van der Waals surface area contributed by atoms with Gasteiger partial charge in [0.1, 0.15) is 5.75 Å². The van der Waals surface area contributed by atoms with E-state index in [1.165, 1.54) is 0 Å². The number of nitrogens with one attached hydrogen (secondary N) is 2. The number of carbonyl (C=O) groups excluding carboxylic acids is 2. The summed E-state index contributed by atoms with van der Waals surface area (Å²) < 4.78 is 10.3. The van der Waals surface area contributed by atoms with Crippen LogP contribution in [0, 0.1) is 0 Å². The summed E-state index contributed by atoms with van der Waals surface area (Å²) in [7, 11) is 0. The maximum Gasteiger partial charge on any atom is 0.315 e. The van der Waals surface area contributed by atoms with Crippen molar-refractivity contribution in [3.63, 3.8) is 0 Å². The second-order valence-electron chi connectivity index (χ2n) is 5.70. The third-order valence-electron chi connectivity index (χ3n) is 3.70. The maximum absolute atomic E-state index is 12.0. The van der Waals surface area contributed by atoms with Crippen molar-refractivity contribution in [3.8, 4) is 5.75 Å². The maximum atomic E-state index is 12.0. The first-order valence-electron chi connectivity index (χ1n) is 8.30. The molecule has 0 bridgehead atoms. The SMILES string of the molecule is CCOc1ccc(C(=O)NCCNC(=O)c2nc(C3CC3)no2)cc1. The molecule has 1 saturated carbocycles. The van der Waals surface area contributed by atoms with Crippen LogP contribution in [-0.4, -0.2) is 41.7 Å². The Balaban J connectivity index is 1.39. The third kappa shape index (κ3) is 4.56. The molecule has 2 N–H and O–H groups in total. The van der Waals surface area contributed by atoms with Crippen LogP contribution in [0.1, 0.15) is 52.6 Å². The molecular formula is C17H20N4O4. The van der Waals surface area contributed by atoms with Crippen LogP contribution < -0.4 is 15.4 Å². The van der Waals surface area contributed by atoms with E-state index in [4.69, 9.17) is 9.26 Å². The van der Waals surface area contributed by atoms with Crippen molar-refractivity contribution in [3.05, 3.63) is 41.5 Å². The lowest BCUT2D eigenvalue weighted by Crippen LogP contribution is -2.34. The van der Waals surface area contributed by atoms with E-state index in [0.29, 0.717) is 30.5 Å². The van der Waals surface area contributed by atoms with Gasteiger partial charge in [-0.2, -0.15) is 4.98 Å². The first-order chi connectivity index (χ1) is 12.2. The Bertz CT molecular complexity index is 737. The van der Waals surface area contributed by atoms with Crippen LogP contribution in [0.15, 0.2) is 28.8 Å². The highest BCUT2D eigenvalue weighted by Gasteiger charge is 2.29. The molecule has 8 nitrogen and oxygen atoms in total. The van der Waals surface area contributed by atoms with Gasteiger partial charge in [-0.25, -0.2) is 0 Å². The fraction of sp³-hybridized carbons (Fsp3) is 0.412. The van der Waals surface area contributed by atoms with Crippen LogP contribution in [0.25, 0.3) is 0 Å². The van der Waals surface area contributed by atoms with Crippen molar-refractivity contribution in [1.29, 1.82) is 0 Å². The van der Waals surface area contributed by atoms with Gasteiger partial charge in [-0.05, 0) is 44.0 Å². The monoisotopic (exact) mass is 344 g/mol. The molecule has 132 valence electrons. The topological polar surface area (TPSA) is 106 Å². The first-order valence-corrected chi connectivity index (χ1v) is 8.30. The number of benzene rings is 1. The van der Waals surface area contributed by atoms with Crippen molar-refractivity contribution < 1.29 is 18.8 Å². The van der Waals surface area contributed by atoms with Crippen LogP contribution in [0.3, 0.4) is 0 Å². The number of amides is 2. The Kier molecular flexibility index (Phi) is 5.27. The van der Waals surface area contributed by atoms with Crippen LogP contribution in [0.5, 0.6) is 5.75 Å². The number of ether oxygens (including phenoxy) is 1. The quantitative estimate of drug-likeness (QED) is 0.703. The summed E-state index contributed by atoms with van der Waals surface area (Å²) >= 11 is 0. The fourth-order valence-electron chi connectivity index (χ4n) is 2.23.